The van der Waals surface area contributed by atoms with Crippen LogP contribution in [0.4, 0.5) is 13.2 Å². The van der Waals surface area contributed by atoms with Crippen molar-refractivity contribution in [3.8, 4) is 22.6 Å². The van der Waals surface area contributed by atoms with Crippen LogP contribution < -0.4 is 9.47 Å². The minimum absolute atomic E-state index is 0.0938. The first-order chi connectivity index (χ1) is 14.4. The Hall–Kier alpha value is -3.54. The van der Waals surface area contributed by atoms with Crippen molar-refractivity contribution in [2.45, 2.75) is 12.8 Å². The van der Waals surface area contributed by atoms with Crippen LogP contribution in [-0.2, 0) is 17.6 Å². The molecule has 6 heteroatoms. The number of carbonyl (C=O) groups excluding carboxylic acids is 1. The maximum atomic E-state index is 13.2. The van der Waals surface area contributed by atoms with E-state index in [9.17, 15) is 18.0 Å². The molecule has 0 aliphatic carbocycles. The SMILES string of the molecule is O=CC1=Cc2ccc(OCc3ccc(C(F)(F)F)cc3-c3ccccc3)cc2OC1. The molecular weight excluding hydrogens is 393 g/mol. The largest absolute Gasteiger partial charge is 0.489 e. The summed E-state index contributed by atoms with van der Waals surface area (Å²) in [6, 6.07) is 17.8. The van der Waals surface area contributed by atoms with E-state index in [-0.39, 0.29) is 13.2 Å². The van der Waals surface area contributed by atoms with Gasteiger partial charge < -0.3 is 9.47 Å². The summed E-state index contributed by atoms with van der Waals surface area (Å²) in [7, 11) is 0. The number of rotatable bonds is 5. The second-order valence-corrected chi connectivity index (χ2v) is 6.85. The predicted molar refractivity (Wildman–Crippen MR) is 107 cm³/mol. The summed E-state index contributed by atoms with van der Waals surface area (Å²) < 4.78 is 51.0. The molecule has 3 aromatic carbocycles. The Morgan fingerprint density at radius 1 is 1.00 bits per heavy atom. The summed E-state index contributed by atoms with van der Waals surface area (Å²) >= 11 is 0. The van der Waals surface area contributed by atoms with Crippen molar-refractivity contribution in [3.63, 3.8) is 0 Å². The van der Waals surface area contributed by atoms with Gasteiger partial charge in [-0.05, 0) is 47.0 Å². The molecule has 0 N–H and O–H groups in total. The molecule has 0 atom stereocenters. The van der Waals surface area contributed by atoms with Gasteiger partial charge in [-0.15, -0.1) is 0 Å². The molecule has 1 heterocycles. The molecule has 0 radical (unpaired) electrons. The van der Waals surface area contributed by atoms with E-state index in [4.69, 9.17) is 9.47 Å². The van der Waals surface area contributed by atoms with Crippen molar-refractivity contribution in [1.82, 2.24) is 0 Å². The minimum atomic E-state index is -4.42. The standard InChI is InChI=1S/C24H17F3O3/c25-24(26,27)20-8-6-19(22(11-20)17-4-2-1-3-5-17)15-29-21-9-7-18-10-16(13-28)14-30-23(18)12-21/h1-13H,14-15H2. The molecule has 4 rings (SSSR count). The lowest BCUT2D eigenvalue weighted by molar-refractivity contribution is -0.137. The molecule has 3 nitrogen and oxygen atoms in total. The summed E-state index contributed by atoms with van der Waals surface area (Å²) in [4.78, 5) is 10.9. The van der Waals surface area contributed by atoms with Crippen LogP contribution in [-0.4, -0.2) is 12.9 Å². The number of alkyl halides is 3. The van der Waals surface area contributed by atoms with E-state index in [1.54, 1.807) is 48.5 Å². The molecule has 0 aromatic heterocycles. The number of aldehydes is 1. The van der Waals surface area contributed by atoms with Crippen molar-refractivity contribution in [3.05, 3.63) is 89.0 Å². The fourth-order valence-electron chi connectivity index (χ4n) is 3.25. The smallest absolute Gasteiger partial charge is 0.416 e. The van der Waals surface area contributed by atoms with Gasteiger partial charge in [0.2, 0.25) is 0 Å². The Bertz CT molecular complexity index is 1100. The summed E-state index contributed by atoms with van der Waals surface area (Å²) in [5.41, 5.74) is 2.41. The molecule has 1 aliphatic rings. The Labute approximate surface area is 171 Å². The van der Waals surface area contributed by atoms with Gasteiger partial charge in [0.15, 0.2) is 0 Å². The van der Waals surface area contributed by atoms with Crippen LogP contribution in [0, 0.1) is 0 Å². The van der Waals surface area contributed by atoms with E-state index in [0.29, 0.717) is 33.8 Å². The van der Waals surface area contributed by atoms with Crippen LogP contribution in [0.2, 0.25) is 0 Å². The average molecular weight is 410 g/mol. The van der Waals surface area contributed by atoms with Crippen molar-refractivity contribution in [2.24, 2.45) is 0 Å². The number of carbonyl (C=O) groups is 1. The van der Waals surface area contributed by atoms with Crippen LogP contribution >= 0.6 is 0 Å². The molecule has 30 heavy (non-hydrogen) atoms. The normalized spacial score (nSPS) is 13.1. The van der Waals surface area contributed by atoms with Gasteiger partial charge in [0, 0.05) is 17.2 Å². The van der Waals surface area contributed by atoms with Crippen LogP contribution in [0.1, 0.15) is 16.7 Å². The van der Waals surface area contributed by atoms with Gasteiger partial charge in [0.25, 0.3) is 0 Å². The number of halogens is 3. The lowest BCUT2D eigenvalue weighted by Crippen LogP contribution is -2.08. The Morgan fingerprint density at radius 2 is 1.80 bits per heavy atom. The number of ether oxygens (including phenoxy) is 2. The number of hydrogen-bond acceptors (Lipinski definition) is 3. The molecule has 152 valence electrons. The fourth-order valence-corrected chi connectivity index (χ4v) is 3.25. The summed E-state index contributed by atoms with van der Waals surface area (Å²) in [6.07, 6.45) is -1.92. The van der Waals surface area contributed by atoms with Crippen LogP contribution in [0.15, 0.2) is 72.3 Å². The number of benzene rings is 3. The Kier molecular flexibility index (Phi) is 5.31. The van der Waals surface area contributed by atoms with E-state index in [1.165, 1.54) is 6.07 Å². The van der Waals surface area contributed by atoms with Crippen LogP contribution in [0.3, 0.4) is 0 Å². The molecular formula is C24H17F3O3. The zero-order valence-corrected chi connectivity index (χ0v) is 15.8. The van der Waals surface area contributed by atoms with E-state index >= 15 is 0 Å². The highest BCUT2D eigenvalue weighted by Gasteiger charge is 2.31. The van der Waals surface area contributed by atoms with Gasteiger partial charge >= 0.3 is 6.18 Å². The molecule has 0 unspecified atom stereocenters. The lowest BCUT2D eigenvalue weighted by atomic mass is 9.97. The van der Waals surface area contributed by atoms with Crippen molar-refractivity contribution >= 4 is 12.4 Å². The molecule has 0 spiro atoms. The summed E-state index contributed by atoms with van der Waals surface area (Å²) in [5, 5.41) is 0. The third-order valence-electron chi connectivity index (χ3n) is 4.79. The van der Waals surface area contributed by atoms with E-state index in [2.05, 4.69) is 0 Å². The van der Waals surface area contributed by atoms with Gasteiger partial charge in [-0.25, -0.2) is 0 Å². The molecule has 0 amide bonds. The van der Waals surface area contributed by atoms with Gasteiger partial charge in [0.05, 0.1) is 5.56 Å². The van der Waals surface area contributed by atoms with Gasteiger partial charge in [-0.3, -0.25) is 4.79 Å². The molecule has 3 aromatic rings. The molecule has 0 saturated carbocycles. The van der Waals surface area contributed by atoms with Crippen molar-refractivity contribution in [1.29, 1.82) is 0 Å². The maximum absolute atomic E-state index is 13.2. The van der Waals surface area contributed by atoms with Crippen molar-refractivity contribution < 1.29 is 27.4 Å². The van der Waals surface area contributed by atoms with E-state index < -0.39 is 11.7 Å². The lowest BCUT2D eigenvalue weighted by Gasteiger charge is -2.17. The van der Waals surface area contributed by atoms with Gasteiger partial charge in [-0.1, -0.05) is 36.4 Å². The number of fused-ring (bicyclic) bond motifs is 1. The highest BCUT2D eigenvalue weighted by Crippen LogP contribution is 2.35. The molecule has 0 bridgehead atoms. The quantitative estimate of drug-likeness (QED) is 0.490. The fraction of sp³-hybridized carbons (Fsp3) is 0.125. The molecule has 1 aliphatic heterocycles. The van der Waals surface area contributed by atoms with Gasteiger partial charge in [0.1, 0.15) is 31.0 Å². The Morgan fingerprint density at radius 3 is 2.53 bits per heavy atom. The summed E-state index contributed by atoms with van der Waals surface area (Å²) in [5.74, 6) is 1.12. The minimum Gasteiger partial charge on any atom is -0.489 e. The third kappa shape index (κ3) is 4.22. The second kappa shape index (κ2) is 8.06. The highest BCUT2D eigenvalue weighted by atomic mass is 19.4. The van der Waals surface area contributed by atoms with E-state index in [1.807, 2.05) is 6.07 Å². The maximum Gasteiger partial charge on any atom is 0.416 e. The third-order valence-corrected chi connectivity index (χ3v) is 4.79. The molecule has 0 fully saturated rings. The predicted octanol–water partition coefficient (Wildman–Crippen LogP) is 5.93. The van der Waals surface area contributed by atoms with Crippen LogP contribution in [0.5, 0.6) is 11.5 Å². The zero-order chi connectivity index (χ0) is 21.1. The molecule has 0 saturated heterocycles. The second-order valence-electron chi connectivity index (χ2n) is 6.85. The first-order valence-electron chi connectivity index (χ1n) is 9.25. The number of hydrogen-bond donors (Lipinski definition) is 0. The average Bonchev–Trinajstić information content (AvgIpc) is 2.77. The van der Waals surface area contributed by atoms with E-state index in [0.717, 1.165) is 24.0 Å². The van der Waals surface area contributed by atoms with Crippen LogP contribution in [0.25, 0.3) is 17.2 Å². The first-order valence-corrected chi connectivity index (χ1v) is 9.25. The topological polar surface area (TPSA) is 35.5 Å². The monoisotopic (exact) mass is 410 g/mol. The van der Waals surface area contributed by atoms with Gasteiger partial charge in [-0.2, -0.15) is 13.2 Å². The van der Waals surface area contributed by atoms with Crippen molar-refractivity contribution in [2.75, 3.05) is 6.61 Å². The summed E-state index contributed by atoms with van der Waals surface area (Å²) in [6.45, 7) is 0.285. The zero-order valence-electron chi connectivity index (χ0n) is 15.8. The first kappa shape index (κ1) is 19.8. The highest BCUT2D eigenvalue weighted by molar-refractivity contribution is 5.84. The Balaban J connectivity index is 1.61.